The lowest BCUT2D eigenvalue weighted by Crippen LogP contribution is -2.35. The monoisotopic (exact) mass is 344 g/mol. The Morgan fingerprint density at radius 3 is 2.86 bits per heavy atom. The van der Waals surface area contributed by atoms with E-state index in [-0.39, 0.29) is 30.7 Å². The molecule has 5 nitrogen and oxygen atoms in total. The highest BCUT2D eigenvalue weighted by molar-refractivity contribution is 5.85. The number of amides is 1. The molecule has 0 atom stereocenters. The quantitative estimate of drug-likeness (QED) is 0.805. The number of halogens is 2. The highest BCUT2D eigenvalue weighted by Gasteiger charge is 2.20. The van der Waals surface area contributed by atoms with Crippen LogP contribution in [0.2, 0.25) is 0 Å². The fraction of sp³-hybridized carbons (Fsp3) is 0.467. The summed E-state index contributed by atoms with van der Waals surface area (Å²) in [5.74, 6) is 0.871. The van der Waals surface area contributed by atoms with Gasteiger partial charge in [0.2, 0.25) is 5.91 Å². The third kappa shape index (κ3) is 5.48. The van der Waals surface area contributed by atoms with E-state index in [1.54, 1.807) is 0 Å². The van der Waals surface area contributed by atoms with Crippen LogP contribution in [0.3, 0.4) is 0 Å². The minimum Gasteiger partial charge on any atom is -0.355 e. The third-order valence-corrected chi connectivity index (χ3v) is 3.53. The molecule has 1 saturated carbocycles. The molecule has 0 unspecified atom stereocenters. The van der Waals surface area contributed by atoms with Crippen molar-refractivity contribution in [2.75, 3.05) is 19.6 Å². The first-order chi connectivity index (χ1) is 9.81. The molecular formula is C15H22Cl2N4O. The molecule has 0 radical (unpaired) electrons. The van der Waals surface area contributed by atoms with Crippen LogP contribution in [-0.2, 0) is 11.2 Å². The van der Waals surface area contributed by atoms with Crippen molar-refractivity contribution in [3.63, 3.8) is 0 Å². The number of fused-ring (bicyclic) bond motifs is 1. The molecule has 0 bridgehead atoms. The number of imidazole rings is 1. The van der Waals surface area contributed by atoms with Gasteiger partial charge in [-0.05, 0) is 37.4 Å². The summed E-state index contributed by atoms with van der Waals surface area (Å²) in [6.45, 7) is 2.02. The molecule has 7 heteroatoms. The maximum absolute atomic E-state index is 11.6. The molecule has 122 valence electrons. The summed E-state index contributed by atoms with van der Waals surface area (Å²) >= 11 is 0. The van der Waals surface area contributed by atoms with E-state index in [0.717, 1.165) is 30.2 Å². The van der Waals surface area contributed by atoms with Gasteiger partial charge in [0.15, 0.2) is 0 Å². The number of nitrogens with one attached hydrogen (secondary N) is 2. The van der Waals surface area contributed by atoms with Gasteiger partial charge in [-0.2, -0.15) is 0 Å². The van der Waals surface area contributed by atoms with Crippen LogP contribution in [-0.4, -0.2) is 34.9 Å². The first kappa shape index (κ1) is 18.7. The van der Waals surface area contributed by atoms with Gasteiger partial charge in [-0.15, -0.1) is 24.8 Å². The van der Waals surface area contributed by atoms with Crippen LogP contribution in [0.4, 0.5) is 0 Å². The molecule has 1 aliphatic carbocycles. The Hall–Kier alpha value is -1.30. The topological polar surface area (TPSA) is 58.4 Å². The molecule has 1 aliphatic rings. The van der Waals surface area contributed by atoms with Crippen molar-refractivity contribution in [3.05, 3.63) is 36.3 Å². The van der Waals surface area contributed by atoms with Crippen LogP contribution in [0.25, 0.3) is 5.65 Å². The molecule has 2 aromatic rings. The molecule has 0 spiro atoms. The normalized spacial score (nSPS) is 13.3. The first-order valence-electron chi connectivity index (χ1n) is 7.21. The van der Waals surface area contributed by atoms with E-state index in [9.17, 15) is 4.79 Å². The molecule has 3 rings (SSSR count). The van der Waals surface area contributed by atoms with Crippen LogP contribution in [0.1, 0.15) is 18.5 Å². The fourth-order valence-corrected chi connectivity index (χ4v) is 2.21. The first-order valence-corrected chi connectivity index (χ1v) is 7.21. The van der Waals surface area contributed by atoms with Crippen molar-refractivity contribution < 1.29 is 4.79 Å². The molecule has 0 saturated heterocycles. The Bertz CT molecular complexity index is 565. The third-order valence-electron chi connectivity index (χ3n) is 3.53. The summed E-state index contributed by atoms with van der Waals surface area (Å²) in [7, 11) is 0. The predicted octanol–water partition coefficient (Wildman–Crippen LogP) is 1.84. The van der Waals surface area contributed by atoms with E-state index in [1.807, 2.05) is 35.0 Å². The van der Waals surface area contributed by atoms with Crippen molar-refractivity contribution >= 4 is 36.4 Å². The van der Waals surface area contributed by atoms with Crippen LogP contribution in [0.5, 0.6) is 0 Å². The van der Waals surface area contributed by atoms with Crippen LogP contribution < -0.4 is 10.6 Å². The standard InChI is InChI=1S/C15H20N4O.2ClH/c20-15(10-16-9-12-4-5-12)17-7-6-13-11-19-8-2-1-3-14(19)18-13;;/h1-3,8,11-12,16H,4-7,9-10H2,(H,17,20);2*1H. The van der Waals surface area contributed by atoms with Crippen LogP contribution in [0, 0.1) is 5.92 Å². The van der Waals surface area contributed by atoms with E-state index in [2.05, 4.69) is 15.6 Å². The number of carbonyl (C=O) groups is 1. The van der Waals surface area contributed by atoms with Crippen molar-refractivity contribution in [3.8, 4) is 0 Å². The van der Waals surface area contributed by atoms with Gasteiger partial charge in [0, 0.05) is 25.4 Å². The SMILES string of the molecule is Cl.Cl.O=C(CNCC1CC1)NCCc1cn2ccccc2n1. The van der Waals surface area contributed by atoms with Gasteiger partial charge >= 0.3 is 0 Å². The molecule has 1 fully saturated rings. The van der Waals surface area contributed by atoms with Gasteiger partial charge < -0.3 is 15.0 Å². The Labute approximate surface area is 142 Å². The summed E-state index contributed by atoms with van der Waals surface area (Å²) in [5, 5.41) is 6.10. The second-order valence-corrected chi connectivity index (χ2v) is 5.37. The molecule has 0 aliphatic heterocycles. The van der Waals surface area contributed by atoms with Gasteiger partial charge in [-0.3, -0.25) is 4.79 Å². The largest absolute Gasteiger partial charge is 0.355 e. The molecular weight excluding hydrogens is 323 g/mol. The highest BCUT2D eigenvalue weighted by Crippen LogP contribution is 2.27. The molecule has 1 amide bonds. The summed E-state index contributed by atoms with van der Waals surface area (Å²) in [4.78, 5) is 16.1. The van der Waals surface area contributed by atoms with Crippen molar-refractivity contribution in [2.45, 2.75) is 19.3 Å². The Morgan fingerprint density at radius 2 is 2.14 bits per heavy atom. The van der Waals surface area contributed by atoms with Crippen LogP contribution >= 0.6 is 24.8 Å². The Balaban J connectivity index is 0.00000121. The number of pyridine rings is 1. The van der Waals surface area contributed by atoms with Crippen molar-refractivity contribution in [1.82, 2.24) is 20.0 Å². The lowest BCUT2D eigenvalue weighted by molar-refractivity contribution is -0.120. The fourth-order valence-electron chi connectivity index (χ4n) is 2.21. The Morgan fingerprint density at radius 1 is 1.32 bits per heavy atom. The Kier molecular flexibility index (Phi) is 7.65. The molecule has 2 aromatic heterocycles. The number of aromatic nitrogens is 2. The van der Waals surface area contributed by atoms with Crippen molar-refractivity contribution in [1.29, 1.82) is 0 Å². The summed E-state index contributed by atoms with van der Waals surface area (Å²) in [6.07, 6.45) is 7.36. The zero-order valence-electron chi connectivity index (χ0n) is 12.3. The number of hydrogen-bond donors (Lipinski definition) is 2. The second-order valence-electron chi connectivity index (χ2n) is 5.37. The second kappa shape index (κ2) is 8.98. The average molecular weight is 345 g/mol. The van der Waals surface area contributed by atoms with Gasteiger partial charge in [0.1, 0.15) is 5.65 Å². The molecule has 0 aromatic carbocycles. The number of rotatable bonds is 7. The van der Waals surface area contributed by atoms with Gasteiger partial charge in [0.25, 0.3) is 0 Å². The number of carbonyl (C=O) groups excluding carboxylic acids is 1. The van der Waals surface area contributed by atoms with Crippen molar-refractivity contribution in [2.24, 2.45) is 5.92 Å². The van der Waals surface area contributed by atoms with E-state index in [4.69, 9.17) is 0 Å². The number of hydrogen-bond acceptors (Lipinski definition) is 3. The lowest BCUT2D eigenvalue weighted by Gasteiger charge is -2.05. The van der Waals surface area contributed by atoms with Gasteiger partial charge in [-0.25, -0.2) is 4.98 Å². The summed E-state index contributed by atoms with van der Waals surface area (Å²) < 4.78 is 1.99. The summed E-state index contributed by atoms with van der Waals surface area (Å²) in [6, 6.07) is 5.93. The smallest absolute Gasteiger partial charge is 0.233 e. The van der Waals surface area contributed by atoms with Crippen LogP contribution in [0.15, 0.2) is 30.6 Å². The molecule has 22 heavy (non-hydrogen) atoms. The summed E-state index contributed by atoms with van der Waals surface area (Å²) in [5.41, 5.74) is 1.95. The zero-order chi connectivity index (χ0) is 13.8. The van der Waals surface area contributed by atoms with E-state index >= 15 is 0 Å². The predicted molar refractivity (Wildman–Crippen MR) is 92.0 cm³/mol. The van der Waals surface area contributed by atoms with E-state index in [0.29, 0.717) is 13.1 Å². The minimum absolute atomic E-state index is 0. The number of nitrogens with zero attached hydrogens (tertiary/aromatic N) is 2. The molecule has 2 N–H and O–H groups in total. The van der Waals surface area contributed by atoms with E-state index in [1.165, 1.54) is 12.8 Å². The minimum atomic E-state index is 0. The molecule has 2 heterocycles. The lowest BCUT2D eigenvalue weighted by atomic mass is 10.3. The zero-order valence-corrected chi connectivity index (χ0v) is 14.0. The van der Waals surface area contributed by atoms with E-state index < -0.39 is 0 Å². The van der Waals surface area contributed by atoms with Gasteiger partial charge in [0.05, 0.1) is 12.2 Å². The maximum atomic E-state index is 11.6. The average Bonchev–Trinajstić information content (AvgIpc) is 3.17. The van der Waals surface area contributed by atoms with Gasteiger partial charge in [-0.1, -0.05) is 6.07 Å². The maximum Gasteiger partial charge on any atom is 0.233 e. The highest BCUT2D eigenvalue weighted by atomic mass is 35.5.